The number of hydrogen-bond donors (Lipinski definition) is 1. The van der Waals surface area contributed by atoms with Crippen molar-refractivity contribution in [3.8, 4) is 0 Å². The number of rotatable bonds is 3. The van der Waals surface area contributed by atoms with Crippen LogP contribution in [0.15, 0.2) is 18.2 Å². The fourth-order valence-electron chi connectivity index (χ4n) is 1.19. The summed E-state index contributed by atoms with van der Waals surface area (Å²) >= 11 is 11.5. The van der Waals surface area contributed by atoms with Crippen LogP contribution in [-0.2, 0) is 9.53 Å². The lowest BCUT2D eigenvalue weighted by Crippen LogP contribution is -2.17. The van der Waals surface area contributed by atoms with Crippen LogP contribution < -0.4 is 0 Å². The molecule has 82 valence electrons. The summed E-state index contributed by atoms with van der Waals surface area (Å²) in [5.41, 5.74) is 0.582. The van der Waals surface area contributed by atoms with E-state index in [1.165, 1.54) is 7.11 Å². The summed E-state index contributed by atoms with van der Waals surface area (Å²) < 4.78 is 4.55. The molecule has 1 atom stereocenters. The number of hydrogen-bond acceptors (Lipinski definition) is 3. The van der Waals surface area contributed by atoms with Crippen LogP contribution in [0.1, 0.15) is 11.5 Å². The van der Waals surface area contributed by atoms with E-state index in [-0.39, 0.29) is 6.61 Å². The summed E-state index contributed by atoms with van der Waals surface area (Å²) in [7, 11) is 1.27. The van der Waals surface area contributed by atoms with E-state index in [9.17, 15) is 4.79 Å². The van der Waals surface area contributed by atoms with Gasteiger partial charge in [-0.3, -0.25) is 4.79 Å². The first kappa shape index (κ1) is 12.3. The molecule has 0 saturated heterocycles. The van der Waals surface area contributed by atoms with Gasteiger partial charge in [-0.05, 0) is 17.7 Å². The van der Waals surface area contributed by atoms with Crippen LogP contribution in [0.2, 0.25) is 10.0 Å². The van der Waals surface area contributed by atoms with Crippen LogP contribution in [0.4, 0.5) is 0 Å². The Kier molecular flexibility index (Phi) is 4.39. The summed E-state index contributed by atoms with van der Waals surface area (Å²) in [6, 6.07) is 4.75. The van der Waals surface area contributed by atoms with E-state index >= 15 is 0 Å². The lowest BCUT2D eigenvalue weighted by molar-refractivity contribution is -0.143. The molecule has 0 spiro atoms. The molecule has 5 heteroatoms. The number of aliphatic hydroxyl groups excluding tert-OH is 1. The van der Waals surface area contributed by atoms with Gasteiger partial charge in [0.1, 0.15) is 5.92 Å². The highest BCUT2D eigenvalue weighted by Crippen LogP contribution is 2.26. The van der Waals surface area contributed by atoms with E-state index in [0.717, 1.165) is 0 Å². The minimum absolute atomic E-state index is 0.329. The first-order valence-electron chi connectivity index (χ1n) is 4.23. The SMILES string of the molecule is COC(=O)[C@@H](CO)c1ccc(Cl)c(Cl)c1. The number of carbonyl (C=O) groups is 1. The lowest BCUT2D eigenvalue weighted by Gasteiger charge is -2.12. The molecule has 1 aromatic carbocycles. The molecule has 1 N–H and O–H groups in total. The van der Waals surface area contributed by atoms with Crippen LogP contribution in [0.3, 0.4) is 0 Å². The molecule has 0 fully saturated rings. The highest BCUT2D eigenvalue weighted by molar-refractivity contribution is 6.42. The van der Waals surface area contributed by atoms with Crippen molar-refractivity contribution in [1.82, 2.24) is 0 Å². The molecule has 1 rings (SSSR count). The minimum Gasteiger partial charge on any atom is -0.468 e. The number of halogens is 2. The van der Waals surface area contributed by atoms with Gasteiger partial charge in [0, 0.05) is 0 Å². The van der Waals surface area contributed by atoms with Crippen LogP contribution in [-0.4, -0.2) is 24.8 Å². The Labute approximate surface area is 97.6 Å². The average molecular weight is 249 g/mol. The highest BCUT2D eigenvalue weighted by atomic mass is 35.5. The second kappa shape index (κ2) is 5.35. The van der Waals surface area contributed by atoms with Gasteiger partial charge in [-0.25, -0.2) is 0 Å². The number of ether oxygens (including phenoxy) is 1. The number of benzene rings is 1. The Morgan fingerprint density at radius 2 is 2.13 bits per heavy atom. The maximum absolute atomic E-state index is 11.3. The second-order valence-corrected chi connectivity index (χ2v) is 3.75. The summed E-state index contributed by atoms with van der Waals surface area (Å²) in [5, 5.41) is 9.81. The zero-order chi connectivity index (χ0) is 11.4. The molecule has 0 bridgehead atoms. The monoisotopic (exact) mass is 248 g/mol. The normalized spacial score (nSPS) is 12.3. The highest BCUT2D eigenvalue weighted by Gasteiger charge is 2.20. The van der Waals surface area contributed by atoms with Crippen LogP contribution in [0, 0.1) is 0 Å². The Balaban J connectivity index is 3.02. The molecule has 0 saturated carbocycles. The molecule has 0 aliphatic carbocycles. The van der Waals surface area contributed by atoms with Crippen LogP contribution >= 0.6 is 23.2 Å². The maximum Gasteiger partial charge on any atom is 0.315 e. The van der Waals surface area contributed by atoms with E-state index in [4.69, 9.17) is 28.3 Å². The van der Waals surface area contributed by atoms with E-state index in [0.29, 0.717) is 15.6 Å². The van der Waals surface area contributed by atoms with E-state index in [1.54, 1.807) is 18.2 Å². The van der Waals surface area contributed by atoms with Crippen molar-refractivity contribution in [2.24, 2.45) is 0 Å². The molecule has 0 amide bonds. The predicted octanol–water partition coefficient (Wildman–Crippen LogP) is 2.24. The lowest BCUT2D eigenvalue weighted by atomic mass is 10.0. The van der Waals surface area contributed by atoms with Gasteiger partial charge in [0.15, 0.2) is 0 Å². The number of methoxy groups -OCH3 is 1. The van der Waals surface area contributed by atoms with Gasteiger partial charge in [0.25, 0.3) is 0 Å². The quantitative estimate of drug-likeness (QED) is 0.835. The Morgan fingerprint density at radius 3 is 2.60 bits per heavy atom. The van der Waals surface area contributed by atoms with Crippen molar-refractivity contribution in [1.29, 1.82) is 0 Å². The van der Waals surface area contributed by atoms with Gasteiger partial charge in [-0.1, -0.05) is 29.3 Å². The van der Waals surface area contributed by atoms with Crippen molar-refractivity contribution < 1.29 is 14.6 Å². The Morgan fingerprint density at radius 1 is 1.47 bits per heavy atom. The third-order valence-electron chi connectivity index (χ3n) is 2.01. The number of esters is 1. The van der Waals surface area contributed by atoms with Gasteiger partial charge in [-0.15, -0.1) is 0 Å². The summed E-state index contributed by atoms with van der Waals surface area (Å²) in [6.45, 7) is -0.329. The number of carbonyl (C=O) groups excluding carboxylic acids is 1. The largest absolute Gasteiger partial charge is 0.468 e. The van der Waals surface area contributed by atoms with Crippen molar-refractivity contribution in [3.63, 3.8) is 0 Å². The Hall–Kier alpha value is -0.770. The molecule has 0 aliphatic rings. The van der Waals surface area contributed by atoms with Crippen molar-refractivity contribution >= 4 is 29.2 Å². The average Bonchev–Trinajstić information content (AvgIpc) is 2.24. The molecule has 1 aromatic rings. The first-order chi connectivity index (χ1) is 7.10. The van der Waals surface area contributed by atoms with Crippen molar-refractivity contribution in [3.05, 3.63) is 33.8 Å². The fourth-order valence-corrected chi connectivity index (χ4v) is 1.49. The van der Waals surface area contributed by atoms with E-state index in [1.807, 2.05) is 0 Å². The van der Waals surface area contributed by atoms with Crippen LogP contribution in [0.5, 0.6) is 0 Å². The standard InChI is InChI=1S/C10H10Cl2O3/c1-15-10(14)7(5-13)6-2-3-8(11)9(12)4-6/h2-4,7,13H,5H2,1H3/t7-/m0/s1. The maximum atomic E-state index is 11.3. The van der Waals surface area contributed by atoms with E-state index < -0.39 is 11.9 Å². The van der Waals surface area contributed by atoms with Gasteiger partial charge in [0.05, 0.1) is 23.8 Å². The fraction of sp³-hybridized carbons (Fsp3) is 0.300. The molecule has 3 nitrogen and oxygen atoms in total. The van der Waals surface area contributed by atoms with Gasteiger partial charge in [-0.2, -0.15) is 0 Å². The number of aliphatic hydroxyl groups is 1. The summed E-state index contributed by atoms with van der Waals surface area (Å²) in [4.78, 5) is 11.3. The van der Waals surface area contributed by atoms with Gasteiger partial charge >= 0.3 is 5.97 Å². The Bertz CT molecular complexity index is 366. The van der Waals surface area contributed by atoms with Crippen molar-refractivity contribution in [2.75, 3.05) is 13.7 Å². The molecule has 0 unspecified atom stereocenters. The third kappa shape index (κ3) is 2.84. The zero-order valence-electron chi connectivity index (χ0n) is 8.04. The predicted molar refractivity (Wildman–Crippen MR) is 58.3 cm³/mol. The zero-order valence-corrected chi connectivity index (χ0v) is 9.55. The van der Waals surface area contributed by atoms with Gasteiger partial charge in [0.2, 0.25) is 0 Å². The molecular weight excluding hydrogens is 239 g/mol. The van der Waals surface area contributed by atoms with Crippen LogP contribution in [0.25, 0.3) is 0 Å². The van der Waals surface area contributed by atoms with Crippen molar-refractivity contribution in [2.45, 2.75) is 5.92 Å². The molecule has 15 heavy (non-hydrogen) atoms. The molecule has 0 radical (unpaired) electrons. The van der Waals surface area contributed by atoms with E-state index in [2.05, 4.69) is 4.74 Å². The first-order valence-corrected chi connectivity index (χ1v) is 4.99. The van der Waals surface area contributed by atoms with Gasteiger partial charge < -0.3 is 9.84 Å². The smallest absolute Gasteiger partial charge is 0.315 e. The topological polar surface area (TPSA) is 46.5 Å². The third-order valence-corrected chi connectivity index (χ3v) is 2.75. The molecule has 0 aromatic heterocycles. The molecular formula is C10H10Cl2O3. The summed E-state index contributed by atoms with van der Waals surface area (Å²) in [5.74, 6) is -1.22. The summed E-state index contributed by atoms with van der Waals surface area (Å²) in [6.07, 6.45) is 0. The molecule has 0 aliphatic heterocycles. The molecule has 0 heterocycles. The minimum atomic E-state index is -0.718. The second-order valence-electron chi connectivity index (χ2n) is 2.93.